The van der Waals surface area contributed by atoms with Gasteiger partial charge in [0.05, 0.1) is 17.3 Å². The highest BCUT2D eigenvalue weighted by Gasteiger charge is 2.21. The molecule has 0 saturated carbocycles. The summed E-state index contributed by atoms with van der Waals surface area (Å²) in [6, 6.07) is 9.86. The van der Waals surface area contributed by atoms with Crippen molar-refractivity contribution in [2.75, 3.05) is 18.6 Å². The molecule has 126 valence electrons. The molecule has 0 spiro atoms. The van der Waals surface area contributed by atoms with E-state index in [4.69, 9.17) is 9.47 Å². The highest BCUT2D eigenvalue weighted by Crippen LogP contribution is 2.47. The zero-order valence-corrected chi connectivity index (χ0v) is 15.0. The largest absolute Gasteiger partial charge is 0.493 e. The van der Waals surface area contributed by atoms with E-state index in [1.807, 2.05) is 35.7 Å². The monoisotopic (exact) mass is 364 g/mol. The first-order valence-corrected chi connectivity index (χ1v) is 9.57. The molecule has 1 fully saturated rings. The third kappa shape index (κ3) is 3.70. The summed E-state index contributed by atoms with van der Waals surface area (Å²) in [5.41, 5.74) is 1.80. The molecule has 24 heavy (non-hydrogen) atoms. The van der Waals surface area contributed by atoms with Crippen LogP contribution in [0.2, 0.25) is 0 Å². The lowest BCUT2D eigenvalue weighted by atomic mass is 10.1. The van der Waals surface area contributed by atoms with Crippen molar-refractivity contribution in [1.82, 2.24) is 0 Å². The molecule has 1 aliphatic heterocycles. The van der Waals surface area contributed by atoms with E-state index in [0.29, 0.717) is 21.6 Å². The Hall–Kier alpha value is -1.66. The van der Waals surface area contributed by atoms with Gasteiger partial charge in [0.15, 0.2) is 11.5 Å². The van der Waals surface area contributed by atoms with Crippen LogP contribution in [0.3, 0.4) is 0 Å². The zero-order valence-electron chi connectivity index (χ0n) is 13.4. The van der Waals surface area contributed by atoms with Crippen molar-refractivity contribution in [3.05, 3.63) is 58.9 Å². The van der Waals surface area contributed by atoms with Gasteiger partial charge in [0.2, 0.25) is 0 Å². The van der Waals surface area contributed by atoms with Crippen molar-refractivity contribution in [2.45, 2.75) is 11.5 Å². The number of carbonyl (C=O) groups excluding carboxylic acids is 1. The van der Waals surface area contributed by atoms with Crippen LogP contribution in [-0.4, -0.2) is 24.6 Å². The number of rotatable bonds is 4. The molecule has 1 aliphatic rings. The van der Waals surface area contributed by atoms with Crippen LogP contribution in [0.4, 0.5) is 4.39 Å². The van der Waals surface area contributed by atoms with Crippen molar-refractivity contribution >= 4 is 29.5 Å². The number of ether oxygens (including phenoxy) is 2. The zero-order chi connectivity index (χ0) is 17.1. The quantitative estimate of drug-likeness (QED) is 0.573. The molecule has 0 aliphatic carbocycles. The number of benzene rings is 2. The van der Waals surface area contributed by atoms with Crippen LogP contribution in [0.1, 0.15) is 26.1 Å². The van der Waals surface area contributed by atoms with E-state index in [-0.39, 0.29) is 5.56 Å². The lowest BCUT2D eigenvalue weighted by Gasteiger charge is -2.13. The summed E-state index contributed by atoms with van der Waals surface area (Å²) in [4.78, 5) is 12.2. The van der Waals surface area contributed by atoms with Crippen LogP contribution in [0, 0.1) is 12.7 Å². The third-order valence-electron chi connectivity index (χ3n) is 3.69. The molecular formula is C18H17FO3S2. The minimum Gasteiger partial charge on any atom is -0.493 e. The van der Waals surface area contributed by atoms with E-state index in [0.717, 1.165) is 17.1 Å². The Kier molecular flexibility index (Phi) is 5.36. The van der Waals surface area contributed by atoms with Crippen molar-refractivity contribution in [3.8, 4) is 11.5 Å². The molecule has 6 heteroatoms. The summed E-state index contributed by atoms with van der Waals surface area (Å²) >= 11 is 3.78. The second kappa shape index (κ2) is 7.49. The summed E-state index contributed by atoms with van der Waals surface area (Å²) in [5, 5.41) is 0. The van der Waals surface area contributed by atoms with Gasteiger partial charge in [0.25, 0.3) is 0 Å². The van der Waals surface area contributed by atoms with Gasteiger partial charge in [-0.1, -0.05) is 12.1 Å². The van der Waals surface area contributed by atoms with E-state index in [1.54, 1.807) is 25.1 Å². The lowest BCUT2D eigenvalue weighted by Crippen LogP contribution is -2.10. The molecule has 3 nitrogen and oxygen atoms in total. The summed E-state index contributed by atoms with van der Waals surface area (Å²) in [5.74, 6) is 2.06. The van der Waals surface area contributed by atoms with E-state index in [9.17, 15) is 9.18 Å². The molecular weight excluding hydrogens is 347 g/mol. The van der Waals surface area contributed by atoms with Crippen molar-refractivity contribution in [1.29, 1.82) is 0 Å². The smallest absolute Gasteiger partial charge is 0.343 e. The summed E-state index contributed by atoms with van der Waals surface area (Å²) in [6.07, 6.45) is 0. The lowest BCUT2D eigenvalue weighted by molar-refractivity contribution is 0.0729. The molecule has 2 aromatic rings. The fourth-order valence-electron chi connectivity index (χ4n) is 2.34. The third-order valence-corrected chi connectivity index (χ3v) is 6.80. The minimum absolute atomic E-state index is 0.172. The Morgan fingerprint density at radius 3 is 2.54 bits per heavy atom. The first-order chi connectivity index (χ1) is 11.6. The van der Waals surface area contributed by atoms with Crippen molar-refractivity contribution in [3.63, 3.8) is 0 Å². The molecule has 3 rings (SSSR count). The Morgan fingerprint density at radius 1 is 1.12 bits per heavy atom. The maximum atomic E-state index is 13.6. The van der Waals surface area contributed by atoms with Crippen molar-refractivity contribution in [2.24, 2.45) is 0 Å². The van der Waals surface area contributed by atoms with Crippen LogP contribution in [-0.2, 0) is 0 Å². The number of esters is 1. The van der Waals surface area contributed by atoms with Gasteiger partial charge >= 0.3 is 5.97 Å². The first-order valence-electron chi connectivity index (χ1n) is 7.48. The van der Waals surface area contributed by atoms with E-state index < -0.39 is 11.8 Å². The number of thioether (sulfide) groups is 2. The number of hydrogen-bond donors (Lipinski definition) is 0. The molecule has 0 radical (unpaired) electrons. The topological polar surface area (TPSA) is 35.5 Å². The Labute approximate surface area is 148 Å². The van der Waals surface area contributed by atoms with Gasteiger partial charge in [0.1, 0.15) is 5.82 Å². The van der Waals surface area contributed by atoms with Gasteiger partial charge < -0.3 is 9.47 Å². The highest BCUT2D eigenvalue weighted by molar-refractivity contribution is 8.19. The van der Waals surface area contributed by atoms with Crippen LogP contribution >= 0.6 is 23.5 Å². The fourth-order valence-corrected chi connectivity index (χ4v) is 5.18. The highest BCUT2D eigenvalue weighted by atomic mass is 32.2. The van der Waals surface area contributed by atoms with E-state index in [1.165, 1.54) is 13.2 Å². The normalized spacial score (nSPS) is 14.6. The molecule has 0 unspecified atom stereocenters. The predicted octanol–water partition coefficient (Wildman–Crippen LogP) is 4.84. The van der Waals surface area contributed by atoms with Gasteiger partial charge in [-0.15, -0.1) is 23.5 Å². The second-order valence-corrected chi connectivity index (χ2v) is 8.06. The summed E-state index contributed by atoms with van der Waals surface area (Å²) in [6.45, 7) is 1.64. The number of aryl methyl sites for hydroxylation is 1. The van der Waals surface area contributed by atoms with Gasteiger partial charge in [-0.2, -0.15) is 0 Å². The molecule has 1 saturated heterocycles. The average molecular weight is 364 g/mol. The molecule has 0 aromatic heterocycles. The fraction of sp³-hybridized carbons (Fsp3) is 0.278. The predicted molar refractivity (Wildman–Crippen MR) is 96.7 cm³/mol. The Balaban J connectivity index is 1.80. The van der Waals surface area contributed by atoms with Crippen LogP contribution in [0.5, 0.6) is 11.5 Å². The summed E-state index contributed by atoms with van der Waals surface area (Å²) in [7, 11) is 1.54. The van der Waals surface area contributed by atoms with Crippen molar-refractivity contribution < 1.29 is 18.7 Å². The summed E-state index contributed by atoms with van der Waals surface area (Å²) < 4.78 is 24.7. The molecule has 0 atom stereocenters. The maximum absolute atomic E-state index is 13.6. The SMILES string of the molecule is COc1cc(C2SCCS2)ccc1OC(=O)c1ccc(C)c(F)c1. The number of halogens is 1. The first kappa shape index (κ1) is 17.2. The number of carbonyl (C=O) groups is 1. The molecule has 0 N–H and O–H groups in total. The van der Waals surface area contributed by atoms with Crippen LogP contribution in [0.15, 0.2) is 36.4 Å². The molecule has 0 amide bonds. The van der Waals surface area contributed by atoms with Crippen LogP contribution in [0.25, 0.3) is 0 Å². The van der Waals surface area contributed by atoms with E-state index >= 15 is 0 Å². The molecule has 1 heterocycles. The standard InChI is InChI=1S/C18H17FO3S2/c1-11-3-4-12(9-14(11)19)17(20)22-15-6-5-13(10-16(15)21-2)18-23-7-8-24-18/h3-6,9-10,18H,7-8H2,1-2H3. The number of hydrogen-bond acceptors (Lipinski definition) is 5. The average Bonchev–Trinajstić information content (AvgIpc) is 3.12. The van der Waals surface area contributed by atoms with Gasteiger partial charge in [-0.05, 0) is 42.3 Å². The van der Waals surface area contributed by atoms with E-state index in [2.05, 4.69) is 0 Å². The Morgan fingerprint density at radius 2 is 1.88 bits per heavy atom. The van der Waals surface area contributed by atoms with Gasteiger partial charge in [-0.25, -0.2) is 9.18 Å². The molecule has 0 bridgehead atoms. The Bertz CT molecular complexity index is 758. The van der Waals surface area contributed by atoms with Gasteiger partial charge in [-0.3, -0.25) is 0 Å². The number of methoxy groups -OCH3 is 1. The van der Waals surface area contributed by atoms with Crippen LogP contribution < -0.4 is 9.47 Å². The second-order valence-electron chi connectivity index (χ2n) is 5.34. The maximum Gasteiger partial charge on any atom is 0.343 e. The van der Waals surface area contributed by atoms with Gasteiger partial charge in [0, 0.05) is 11.5 Å². The minimum atomic E-state index is -0.607. The molecule has 2 aromatic carbocycles.